The second-order valence-electron chi connectivity index (χ2n) is 7.21. The van der Waals surface area contributed by atoms with Gasteiger partial charge < -0.3 is 9.47 Å². The van der Waals surface area contributed by atoms with Gasteiger partial charge in [-0.2, -0.15) is 4.31 Å². The van der Waals surface area contributed by atoms with Crippen LogP contribution in [0, 0.1) is 18.3 Å². The van der Waals surface area contributed by atoms with Crippen molar-refractivity contribution >= 4 is 15.9 Å². The van der Waals surface area contributed by atoms with E-state index in [4.69, 9.17) is 0 Å². The molecule has 1 saturated carbocycles. The van der Waals surface area contributed by atoms with Gasteiger partial charge in [-0.3, -0.25) is 4.79 Å². The monoisotopic (exact) mass is 340 g/mol. The number of carbonyl (C=O) groups excluding carboxylic acids is 1. The zero-order valence-corrected chi connectivity index (χ0v) is 14.9. The summed E-state index contributed by atoms with van der Waals surface area (Å²) in [5.74, 6) is 0.929. The van der Waals surface area contributed by atoms with E-state index in [1.54, 1.807) is 23.4 Å². The molecule has 0 spiro atoms. The Morgan fingerprint density at radius 3 is 2.26 bits per heavy atom. The number of hydrogen-bond acceptors (Lipinski definition) is 4. The molecule has 23 heavy (non-hydrogen) atoms. The van der Waals surface area contributed by atoms with Crippen LogP contribution in [0.3, 0.4) is 0 Å². The molecule has 2 heterocycles. The van der Waals surface area contributed by atoms with Crippen molar-refractivity contribution in [3.05, 3.63) is 12.0 Å². The summed E-state index contributed by atoms with van der Waals surface area (Å²) >= 11 is 0. The summed E-state index contributed by atoms with van der Waals surface area (Å²) in [6, 6.07) is 0. The SMILES string of the molecule is Cc1nc(S(=O)(=O)N2CCN(C(=O)[C@H]3CC3(C)C)CC2)cn1C. The van der Waals surface area contributed by atoms with E-state index < -0.39 is 10.0 Å². The Bertz CT molecular complexity index is 710. The molecular formula is C15H24N4O3S. The Morgan fingerprint density at radius 2 is 1.83 bits per heavy atom. The number of aromatic nitrogens is 2. The molecule has 1 aromatic rings. The smallest absolute Gasteiger partial charge is 0.262 e. The van der Waals surface area contributed by atoms with E-state index in [0.29, 0.717) is 32.0 Å². The second-order valence-corrected chi connectivity index (χ2v) is 9.10. The third-order valence-corrected chi connectivity index (χ3v) is 6.82. The summed E-state index contributed by atoms with van der Waals surface area (Å²) in [5, 5.41) is 0.0839. The average molecular weight is 340 g/mol. The lowest BCUT2D eigenvalue weighted by Crippen LogP contribution is -2.51. The molecule has 2 fully saturated rings. The lowest BCUT2D eigenvalue weighted by molar-refractivity contribution is -0.134. The van der Waals surface area contributed by atoms with Gasteiger partial charge in [-0.25, -0.2) is 13.4 Å². The van der Waals surface area contributed by atoms with Gasteiger partial charge in [0.2, 0.25) is 5.91 Å². The predicted octanol–water partition coefficient (Wildman–Crippen LogP) is 0.608. The van der Waals surface area contributed by atoms with Gasteiger partial charge >= 0.3 is 0 Å². The maximum Gasteiger partial charge on any atom is 0.262 e. The van der Waals surface area contributed by atoms with Gasteiger partial charge in [0.05, 0.1) is 0 Å². The van der Waals surface area contributed by atoms with Crippen molar-refractivity contribution < 1.29 is 13.2 Å². The summed E-state index contributed by atoms with van der Waals surface area (Å²) in [4.78, 5) is 18.3. The number of imidazole rings is 1. The Labute approximate surface area is 137 Å². The minimum absolute atomic E-state index is 0.0839. The molecular weight excluding hydrogens is 316 g/mol. The molecule has 1 aliphatic carbocycles. The molecule has 1 amide bonds. The highest BCUT2D eigenvalue weighted by molar-refractivity contribution is 7.89. The first-order valence-corrected chi connectivity index (χ1v) is 9.36. The van der Waals surface area contributed by atoms with E-state index in [1.807, 2.05) is 0 Å². The number of rotatable bonds is 3. The minimum Gasteiger partial charge on any atom is -0.340 e. The highest BCUT2D eigenvalue weighted by atomic mass is 32.2. The fraction of sp³-hybridized carbons (Fsp3) is 0.733. The first-order chi connectivity index (χ1) is 10.6. The Hall–Kier alpha value is -1.41. The Balaban J connectivity index is 1.65. The lowest BCUT2D eigenvalue weighted by Gasteiger charge is -2.34. The summed E-state index contributed by atoms with van der Waals surface area (Å²) in [6.07, 6.45) is 2.46. The van der Waals surface area contributed by atoms with Crippen molar-refractivity contribution in [1.82, 2.24) is 18.8 Å². The number of sulfonamides is 1. The second kappa shape index (κ2) is 5.31. The van der Waals surface area contributed by atoms with Crippen LogP contribution in [0.4, 0.5) is 0 Å². The van der Waals surface area contributed by atoms with E-state index in [9.17, 15) is 13.2 Å². The van der Waals surface area contributed by atoms with Crippen LogP contribution < -0.4 is 0 Å². The first kappa shape index (κ1) is 16.4. The highest BCUT2D eigenvalue weighted by Crippen LogP contribution is 2.52. The van der Waals surface area contributed by atoms with E-state index in [2.05, 4.69) is 18.8 Å². The van der Waals surface area contributed by atoms with Crippen molar-refractivity contribution in [3.63, 3.8) is 0 Å². The molecule has 0 unspecified atom stereocenters. The maximum absolute atomic E-state index is 12.6. The number of nitrogens with zero attached hydrogens (tertiary/aromatic N) is 4. The average Bonchev–Trinajstić information content (AvgIpc) is 3.00. The Morgan fingerprint density at radius 1 is 1.26 bits per heavy atom. The predicted molar refractivity (Wildman–Crippen MR) is 85.2 cm³/mol. The molecule has 0 N–H and O–H groups in total. The van der Waals surface area contributed by atoms with Crippen LogP contribution in [0.1, 0.15) is 26.1 Å². The molecule has 0 bridgehead atoms. The van der Waals surface area contributed by atoms with Crippen LogP contribution in [0.15, 0.2) is 11.2 Å². The molecule has 1 saturated heterocycles. The molecule has 7 nitrogen and oxygen atoms in total. The van der Waals surface area contributed by atoms with Gasteiger partial charge in [0.25, 0.3) is 10.0 Å². The summed E-state index contributed by atoms with van der Waals surface area (Å²) < 4.78 is 28.4. The molecule has 1 aliphatic heterocycles. The number of hydrogen-bond donors (Lipinski definition) is 0. The van der Waals surface area contributed by atoms with Crippen LogP contribution in [0.25, 0.3) is 0 Å². The number of piperazine rings is 1. The van der Waals surface area contributed by atoms with Gasteiger partial charge in [0, 0.05) is 45.3 Å². The third kappa shape index (κ3) is 2.89. The van der Waals surface area contributed by atoms with Crippen molar-refractivity contribution in [3.8, 4) is 0 Å². The van der Waals surface area contributed by atoms with Crippen LogP contribution >= 0.6 is 0 Å². The fourth-order valence-corrected chi connectivity index (χ4v) is 4.49. The first-order valence-electron chi connectivity index (χ1n) is 7.92. The van der Waals surface area contributed by atoms with Crippen LogP contribution in [-0.2, 0) is 21.9 Å². The van der Waals surface area contributed by atoms with E-state index >= 15 is 0 Å². The largest absolute Gasteiger partial charge is 0.340 e. The molecule has 3 rings (SSSR count). The summed E-state index contributed by atoms with van der Waals surface area (Å²) in [6.45, 7) is 7.53. The zero-order valence-electron chi connectivity index (χ0n) is 14.1. The molecule has 1 atom stereocenters. The van der Waals surface area contributed by atoms with Crippen molar-refractivity contribution in [2.45, 2.75) is 32.2 Å². The molecule has 0 radical (unpaired) electrons. The molecule has 1 aromatic heterocycles. The molecule has 2 aliphatic rings. The van der Waals surface area contributed by atoms with Gasteiger partial charge in [-0.05, 0) is 18.8 Å². The van der Waals surface area contributed by atoms with Crippen molar-refractivity contribution in [2.75, 3.05) is 26.2 Å². The topological polar surface area (TPSA) is 75.5 Å². The number of aryl methyl sites for hydroxylation is 2. The molecule has 8 heteroatoms. The third-order valence-electron chi connectivity index (χ3n) is 5.05. The van der Waals surface area contributed by atoms with E-state index in [0.717, 1.165) is 6.42 Å². The molecule has 128 valence electrons. The quantitative estimate of drug-likeness (QED) is 0.808. The van der Waals surface area contributed by atoms with Crippen LogP contribution in [-0.4, -0.2) is 59.3 Å². The zero-order chi connectivity index (χ0) is 17.0. The minimum atomic E-state index is -3.58. The highest BCUT2D eigenvalue weighted by Gasteiger charge is 2.52. The van der Waals surface area contributed by atoms with Gasteiger partial charge in [-0.1, -0.05) is 13.8 Å². The molecule has 0 aromatic carbocycles. The summed E-state index contributed by atoms with van der Waals surface area (Å²) in [5.41, 5.74) is 0.103. The van der Waals surface area contributed by atoms with Gasteiger partial charge in [0.15, 0.2) is 5.03 Å². The van der Waals surface area contributed by atoms with Crippen LogP contribution in [0.5, 0.6) is 0 Å². The normalized spacial score (nSPS) is 24.7. The lowest BCUT2D eigenvalue weighted by atomic mass is 10.1. The van der Waals surface area contributed by atoms with Crippen LogP contribution in [0.2, 0.25) is 0 Å². The van der Waals surface area contributed by atoms with Crippen molar-refractivity contribution in [2.24, 2.45) is 18.4 Å². The standard InChI is InChI=1S/C15H24N4O3S/c1-11-16-13(10-17(11)4)23(21,22)19-7-5-18(6-8-19)14(20)12-9-15(12,2)3/h10,12H,5-9H2,1-4H3/t12-/m1/s1. The maximum atomic E-state index is 12.6. The Kier molecular flexibility index (Phi) is 3.79. The van der Waals surface area contributed by atoms with Gasteiger partial charge in [-0.15, -0.1) is 0 Å². The fourth-order valence-electron chi connectivity index (χ4n) is 3.04. The number of carbonyl (C=O) groups is 1. The summed E-state index contributed by atoms with van der Waals surface area (Å²) in [7, 11) is -1.80. The van der Waals surface area contributed by atoms with E-state index in [-0.39, 0.29) is 22.3 Å². The number of amides is 1. The van der Waals surface area contributed by atoms with Crippen molar-refractivity contribution in [1.29, 1.82) is 0 Å². The van der Waals surface area contributed by atoms with E-state index in [1.165, 1.54) is 10.5 Å². The van der Waals surface area contributed by atoms with Gasteiger partial charge in [0.1, 0.15) is 5.82 Å².